The van der Waals surface area contributed by atoms with Crippen molar-refractivity contribution in [1.29, 1.82) is 0 Å². The van der Waals surface area contributed by atoms with E-state index in [-0.39, 0.29) is 22.8 Å². The molecule has 0 unspecified atom stereocenters. The summed E-state index contributed by atoms with van der Waals surface area (Å²) < 4.78 is 33.5. The number of carbonyl (C=O) groups is 2. The third kappa shape index (κ3) is 3.88. The van der Waals surface area contributed by atoms with E-state index in [9.17, 15) is 18.0 Å². The Morgan fingerprint density at radius 3 is 2.21 bits per heavy atom. The van der Waals surface area contributed by atoms with Gasteiger partial charge >= 0.3 is 5.97 Å². The smallest absolute Gasteiger partial charge is 0.338 e. The number of ether oxygens (including phenoxy) is 1. The standard InChI is InChI=1S/C20H24N2O5S/c1-14-12-18(15(2)21(14)3)19(23)13-27-20(24)16-6-8-17(9-7-16)28(25,26)22-10-4-5-11-22/h6-9,12H,4-5,10-11,13H2,1-3H3. The molecule has 0 amide bonds. The number of rotatable bonds is 6. The van der Waals surface area contributed by atoms with Gasteiger partial charge in [-0.05, 0) is 57.0 Å². The second-order valence-corrected chi connectivity index (χ2v) is 8.92. The summed E-state index contributed by atoms with van der Waals surface area (Å²) in [6.45, 7) is 4.41. The van der Waals surface area contributed by atoms with Crippen LogP contribution in [-0.4, -0.2) is 48.7 Å². The summed E-state index contributed by atoms with van der Waals surface area (Å²) >= 11 is 0. The van der Waals surface area contributed by atoms with E-state index in [0.29, 0.717) is 18.7 Å². The Morgan fingerprint density at radius 1 is 1.07 bits per heavy atom. The van der Waals surface area contributed by atoms with Crippen LogP contribution in [0.4, 0.5) is 0 Å². The highest BCUT2D eigenvalue weighted by Crippen LogP contribution is 2.21. The van der Waals surface area contributed by atoms with Gasteiger partial charge in [0.15, 0.2) is 6.61 Å². The van der Waals surface area contributed by atoms with Gasteiger partial charge in [-0.3, -0.25) is 4.79 Å². The molecule has 1 aromatic carbocycles. The van der Waals surface area contributed by atoms with Crippen LogP contribution in [0.5, 0.6) is 0 Å². The molecule has 8 heteroatoms. The van der Waals surface area contributed by atoms with Gasteiger partial charge in [-0.1, -0.05) is 0 Å². The van der Waals surface area contributed by atoms with E-state index in [1.807, 2.05) is 25.5 Å². The SMILES string of the molecule is Cc1cc(C(=O)COC(=O)c2ccc(S(=O)(=O)N3CCCC3)cc2)c(C)n1C. The first-order chi connectivity index (χ1) is 13.2. The molecule has 0 atom stereocenters. The molecule has 0 spiro atoms. The maximum absolute atomic E-state index is 12.5. The van der Waals surface area contributed by atoms with Gasteiger partial charge in [0.05, 0.1) is 10.5 Å². The molecular weight excluding hydrogens is 380 g/mol. The highest BCUT2D eigenvalue weighted by molar-refractivity contribution is 7.89. The van der Waals surface area contributed by atoms with Gasteiger partial charge in [-0.2, -0.15) is 4.31 Å². The lowest BCUT2D eigenvalue weighted by atomic mass is 10.1. The van der Waals surface area contributed by atoms with Crippen LogP contribution in [0.15, 0.2) is 35.2 Å². The normalized spacial score (nSPS) is 15.0. The molecule has 1 fully saturated rings. The van der Waals surface area contributed by atoms with Gasteiger partial charge in [0.1, 0.15) is 0 Å². The summed E-state index contributed by atoms with van der Waals surface area (Å²) in [4.78, 5) is 24.7. The van der Waals surface area contributed by atoms with E-state index >= 15 is 0 Å². The Morgan fingerprint density at radius 2 is 1.68 bits per heavy atom. The molecule has 0 radical (unpaired) electrons. The second-order valence-electron chi connectivity index (χ2n) is 6.98. The first-order valence-electron chi connectivity index (χ1n) is 9.15. The van der Waals surface area contributed by atoms with Crippen molar-refractivity contribution >= 4 is 21.8 Å². The Labute approximate surface area is 165 Å². The predicted molar refractivity (Wildman–Crippen MR) is 104 cm³/mol. The fourth-order valence-corrected chi connectivity index (χ4v) is 4.79. The zero-order chi connectivity index (χ0) is 20.5. The van der Waals surface area contributed by atoms with Crippen LogP contribution in [0.2, 0.25) is 0 Å². The Balaban J connectivity index is 1.65. The molecule has 28 heavy (non-hydrogen) atoms. The zero-order valence-corrected chi connectivity index (χ0v) is 17.1. The van der Waals surface area contributed by atoms with Gasteiger partial charge in [-0.25, -0.2) is 13.2 Å². The maximum Gasteiger partial charge on any atom is 0.338 e. The predicted octanol–water partition coefficient (Wildman–Crippen LogP) is 2.47. The van der Waals surface area contributed by atoms with Gasteiger partial charge < -0.3 is 9.30 Å². The molecule has 2 aromatic rings. The third-order valence-corrected chi connectivity index (χ3v) is 7.12. The molecule has 1 aliphatic rings. The number of hydrogen-bond acceptors (Lipinski definition) is 5. The van der Waals surface area contributed by atoms with Crippen LogP contribution in [0.25, 0.3) is 0 Å². The zero-order valence-electron chi connectivity index (χ0n) is 16.3. The van der Waals surface area contributed by atoms with Crippen LogP contribution in [0.1, 0.15) is 44.9 Å². The average Bonchev–Trinajstić information content (AvgIpc) is 3.31. The van der Waals surface area contributed by atoms with Crippen molar-refractivity contribution < 1.29 is 22.7 Å². The first kappa shape index (κ1) is 20.3. The molecule has 0 aliphatic carbocycles. The van der Waals surface area contributed by atoms with Crippen LogP contribution in [0, 0.1) is 13.8 Å². The number of hydrogen-bond donors (Lipinski definition) is 0. The number of esters is 1. The number of sulfonamides is 1. The summed E-state index contributed by atoms with van der Waals surface area (Å²) in [7, 11) is -1.66. The van der Waals surface area contributed by atoms with E-state index in [4.69, 9.17) is 4.74 Å². The van der Waals surface area contributed by atoms with Crippen molar-refractivity contribution in [1.82, 2.24) is 8.87 Å². The first-order valence-corrected chi connectivity index (χ1v) is 10.6. The van der Waals surface area contributed by atoms with Gasteiger partial charge in [0, 0.05) is 37.1 Å². The summed E-state index contributed by atoms with van der Waals surface area (Å²) in [5.41, 5.74) is 2.49. The van der Waals surface area contributed by atoms with E-state index in [0.717, 1.165) is 24.2 Å². The van der Waals surface area contributed by atoms with Gasteiger partial charge in [0.2, 0.25) is 15.8 Å². The van der Waals surface area contributed by atoms with Gasteiger partial charge in [-0.15, -0.1) is 0 Å². The minimum Gasteiger partial charge on any atom is -0.454 e. The Kier molecular flexibility index (Phi) is 5.71. The van der Waals surface area contributed by atoms with E-state index in [1.54, 1.807) is 6.07 Å². The van der Waals surface area contributed by atoms with Crippen LogP contribution < -0.4 is 0 Å². The lowest BCUT2D eigenvalue weighted by Crippen LogP contribution is -2.27. The largest absolute Gasteiger partial charge is 0.454 e. The Hall–Kier alpha value is -2.45. The molecule has 1 aliphatic heterocycles. The molecule has 1 aromatic heterocycles. The minimum absolute atomic E-state index is 0.150. The molecule has 0 bridgehead atoms. The number of carbonyl (C=O) groups excluding carboxylic acids is 2. The van der Waals surface area contributed by atoms with E-state index in [1.165, 1.54) is 28.6 Å². The molecule has 0 saturated carbocycles. The van der Waals surface area contributed by atoms with Gasteiger partial charge in [0.25, 0.3) is 0 Å². The molecule has 0 N–H and O–H groups in total. The average molecular weight is 404 g/mol. The van der Waals surface area contributed by atoms with Crippen LogP contribution in [-0.2, 0) is 21.8 Å². The minimum atomic E-state index is -3.52. The number of Topliss-reactive ketones (excluding diaryl/α,β-unsaturated/α-hetero) is 1. The van der Waals surface area contributed by atoms with Crippen molar-refractivity contribution in [3.63, 3.8) is 0 Å². The van der Waals surface area contributed by atoms with Crippen LogP contribution in [0.3, 0.4) is 0 Å². The number of aromatic nitrogens is 1. The molecule has 150 valence electrons. The topological polar surface area (TPSA) is 85.7 Å². The fourth-order valence-electron chi connectivity index (χ4n) is 3.27. The monoisotopic (exact) mass is 404 g/mol. The van der Waals surface area contributed by atoms with Crippen molar-refractivity contribution in [3.05, 3.63) is 52.8 Å². The molecule has 3 rings (SSSR count). The molecule has 2 heterocycles. The highest BCUT2D eigenvalue weighted by atomic mass is 32.2. The lowest BCUT2D eigenvalue weighted by molar-refractivity contribution is 0.0474. The summed E-state index contributed by atoms with van der Waals surface area (Å²) in [5.74, 6) is -0.938. The van der Waals surface area contributed by atoms with E-state index in [2.05, 4.69) is 0 Å². The highest BCUT2D eigenvalue weighted by Gasteiger charge is 2.27. The maximum atomic E-state index is 12.5. The van der Waals surface area contributed by atoms with E-state index < -0.39 is 16.0 Å². The number of aryl methyl sites for hydroxylation is 1. The van der Waals surface area contributed by atoms with Crippen LogP contribution >= 0.6 is 0 Å². The molecule has 7 nitrogen and oxygen atoms in total. The number of ketones is 1. The van der Waals surface area contributed by atoms with Crippen molar-refractivity contribution in [3.8, 4) is 0 Å². The second kappa shape index (κ2) is 7.89. The molecular formula is C20H24N2O5S. The lowest BCUT2D eigenvalue weighted by Gasteiger charge is -2.15. The number of nitrogens with zero attached hydrogens (tertiary/aromatic N) is 2. The summed E-state index contributed by atoms with van der Waals surface area (Å²) in [6, 6.07) is 7.39. The molecule has 1 saturated heterocycles. The third-order valence-electron chi connectivity index (χ3n) is 5.20. The van der Waals surface area contributed by atoms with Crippen molar-refractivity contribution in [2.24, 2.45) is 7.05 Å². The van der Waals surface area contributed by atoms with Crippen molar-refractivity contribution in [2.75, 3.05) is 19.7 Å². The number of benzene rings is 1. The Bertz CT molecular complexity index is 1000. The quantitative estimate of drug-likeness (QED) is 0.545. The summed E-state index contributed by atoms with van der Waals surface area (Å²) in [5, 5.41) is 0. The van der Waals surface area contributed by atoms with Crippen molar-refractivity contribution in [2.45, 2.75) is 31.6 Å². The fraction of sp³-hybridized carbons (Fsp3) is 0.400. The summed E-state index contributed by atoms with van der Waals surface area (Å²) in [6.07, 6.45) is 1.72.